The van der Waals surface area contributed by atoms with Crippen LogP contribution in [0.25, 0.3) is 11.3 Å². The summed E-state index contributed by atoms with van der Waals surface area (Å²) in [5.41, 5.74) is 4.47. The largest absolute Gasteiger partial charge is 0.454 e. The van der Waals surface area contributed by atoms with Crippen molar-refractivity contribution in [3.63, 3.8) is 0 Å². The van der Waals surface area contributed by atoms with E-state index in [2.05, 4.69) is 34.3 Å². The van der Waals surface area contributed by atoms with Gasteiger partial charge in [0.15, 0.2) is 17.3 Å². The molecule has 2 aliphatic rings. The number of hydrogen-bond acceptors (Lipinski definition) is 5. The number of benzene rings is 2. The number of rotatable bonds is 3. The molecule has 1 aromatic heterocycles. The van der Waals surface area contributed by atoms with Gasteiger partial charge in [-0.1, -0.05) is 23.4 Å². The number of fused-ring (bicyclic) bond motifs is 2. The lowest BCUT2D eigenvalue weighted by molar-refractivity contribution is 0.174. The van der Waals surface area contributed by atoms with Crippen LogP contribution in [-0.2, 0) is 13.0 Å². The van der Waals surface area contributed by atoms with E-state index in [0.717, 1.165) is 48.0 Å². The Kier molecular flexibility index (Phi) is 2.98. The first-order chi connectivity index (χ1) is 11.9. The molecule has 5 rings (SSSR count). The predicted molar refractivity (Wildman–Crippen MR) is 89.3 cm³/mol. The van der Waals surface area contributed by atoms with E-state index in [0.29, 0.717) is 0 Å². The summed E-state index contributed by atoms with van der Waals surface area (Å²) in [6.45, 7) is 2.02. The Balaban J connectivity index is 1.38. The molecule has 2 aliphatic heterocycles. The van der Waals surface area contributed by atoms with Crippen molar-refractivity contribution in [3.05, 3.63) is 59.9 Å². The van der Waals surface area contributed by atoms with Gasteiger partial charge < -0.3 is 18.9 Å². The fraction of sp³-hybridized carbons (Fsp3) is 0.211. The van der Waals surface area contributed by atoms with E-state index in [1.54, 1.807) is 0 Å². The summed E-state index contributed by atoms with van der Waals surface area (Å²) in [5, 5.41) is 4.21. The van der Waals surface area contributed by atoms with E-state index >= 15 is 0 Å². The molecule has 0 saturated heterocycles. The van der Waals surface area contributed by atoms with Gasteiger partial charge in [-0.15, -0.1) is 0 Å². The molecule has 5 nitrogen and oxygen atoms in total. The molecular weight excluding hydrogens is 304 g/mol. The number of anilines is 1. The molecule has 5 heteroatoms. The third-order valence-electron chi connectivity index (χ3n) is 4.56. The highest BCUT2D eigenvalue weighted by molar-refractivity contribution is 5.64. The summed E-state index contributed by atoms with van der Waals surface area (Å²) in [7, 11) is 0. The molecule has 120 valence electrons. The summed E-state index contributed by atoms with van der Waals surface area (Å²) < 4.78 is 16.3. The van der Waals surface area contributed by atoms with E-state index < -0.39 is 0 Å². The zero-order chi connectivity index (χ0) is 15.9. The van der Waals surface area contributed by atoms with Crippen molar-refractivity contribution in [2.24, 2.45) is 0 Å². The van der Waals surface area contributed by atoms with Gasteiger partial charge in [-0.05, 0) is 36.2 Å². The van der Waals surface area contributed by atoms with Crippen molar-refractivity contribution in [1.29, 1.82) is 0 Å². The molecule has 3 heterocycles. The Bertz CT molecular complexity index is 903. The molecule has 0 N–H and O–H groups in total. The number of para-hydroxylation sites is 1. The molecule has 0 fully saturated rings. The van der Waals surface area contributed by atoms with Crippen LogP contribution in [0, 0.1) is 0 Å². The van der Waals surface area contributed by atoms with Crippen LogP contribution in [0.1, 0.15) is 11.3 Å². The first-order valence-electron chi connectivity index (χ1n) is 8.05. The fourth-order valence-electron chi connectivity index (χ4n) is 3.34. The van der Waals surface area contributed by atoms with Gasteiger partial charge >= 0.3 is 0 Å². The number of aromatic nitrogens is 1. The molecule has 0 unspecified atom stereocenters. The second-order valence-corrected chi connectivity index (χ2v) is 6.05. The van der Waals surface area contributed by atoms with Gasteiger partial charge in [0.2, 0.25) is 6.79 Å². The van der Waals surface area contributed by atoms with Gasteiger partial charge in [0.25, 0.3) is 0 Å². The van der Waals surface area contributed by atoms with E-state index in [1.807, 2.05) is 24.3 Å². The monoisotopic (exact) mass is 320 g/mol. The van der Waals surface area contributed by atoms with Gasteiger partial charge in [-0.3, -0.25) is 0 Å². The molecule has 0 amide bonds. The third kappa shape index (κ3) is 2.21. The molecule has 3 aromatic rings. The van der Waals surface area contributed by atoms with Crippen LogP contribution in [0.3, 0.4) is 0 Å². The highest BCUT2D eigenvalue weighted by Crippen LogP contribution is 2.36. The molecule has 2 aromatic carbocycles. The summed E-state index contributed by atoms with van der Waals surface area (Å²) in [5.74, 6) is 2.39. The average Bonchev–Trinajstić information content (AvgIpc) is 3.34. The maximum atomic E-state index is 5.55. The fourth-order valence-corrected chi connectivity index (χ4v) is 3.34. The molecular formula is C19H16N2O3. The quantitative estimate of drug-likeness (QED) is 0.737. The summed E-state index contributed by atoms with van der Waals surface area (Å²) in [6, 6.07) is 16.3. The highest BCUT2D eigenvalue weighted by atomic mass is 16.7. The number of hydrogen-bond donors (Lipinski definition) is 0. The lowest BCUT2D eigenvalue weighted by atomic mass is 10.1. The van der Waals surface area contributed by atoms with Gasteiger partial charge in [-0.25, -0.2) is 0 Å². The topological polar surface area (TPSA) is 47.7 Å². The summed E-state index contributed by atoms with van der Waals surface area (Å²) >= 11 is 0. The highest BCUT2D eigenvalue weighted by Gasteiger charge is 2.21. The Morgan fingerprint density at radius 1 is 1.00 bits per heavy atom. The van der Waals surface area contributed by atoms with Crippen LogP contribution in [-0.4, -0.2) is 18.5 Å². The van der Waals surface area contributed by atoms with Crippen molar-refractivity contribution in [1.82, 2.24) is 5.16 Å². The maximum Gasteiger partial charge on any atom is 0.231 e. The van der Waals surface area contributed by atoms with Gasteiger partial charge in [0.05, 0.1) is 6.54 Å². The van der Waals surface area contributed by atoms with E-state index in [9.17, 15) is 0 Å². The lowest BCUT2D eigenvalue weighted by Crippen LogP contribution is -2.19. The molecule has 0 aliphatic carbocycles. The first kappa shape index (κ1) is 13.5. The third-order valence-corrected chi connectivity index (χ3v) is 4.56. The van der Waals surface area contributed by atoms with Crippen molar-refractivity contribution >= 4 is 5.69 Å². The molecule has 24 heavy (non-hydrogen) atoms. The minimum Gasteiger partial charge on any atom is -0.454 e. The van der Waals surface area contributed by atoms with Crippen LogP contribution < -0.4 is 14.4 Å². The van der Waals surface area contributed by atoms with Crippen LogP contribution in [0.2, 0.25) is 0 Å². The minimum atomic E-state index is 0.275. The zero-order valence-corrected chi connectivity index (χ0v) is 13.1. The second-order valence-electron chi connectivity index (χ2n) is 6.05. The lowest BCUT2D eigenvalue weighted by Gasteiger charge is -2.17. The van der Waals surface area contributed by atoms with Crippen LogP contribution in [0.5, 0.6) is 11.5 Å². The normalized spacial score (nSPS) is 14.9. The standard InChI is InChI=1S/C19H16N2O3/c1-2-4-17-13(3-1)7-8-21(17)11-15-10-16(20-24-15)14-5-6-18-19(9-14)23-12-22-18/h1-6,9-10H,7-8,11-12H2. The Morgan fingerprint density at radius 3 is 2.92 bits per heavy atom. The van der Waals surface area contributed by atoms with E-state index in [4.69, 9.17) is 14.0 Å². The Hall–Kier alpha value is -2.95. The Labute approximate surface area is 139 Å². The van der Waals surface area contributed by atoms with Crippen LogP contribution >= 0.6 is 0 Å². The molecule has 0 radical (unpaired) electrons. The molecule has 0 saturated carbocycles. The smallest absolute Gasteiger partial charge is 0.231 e. The van der Waals surface area contributed by atoms with E-state index in [-0.39, 0.29) is 6.79 Å². The van der Waals surface area contributed by atoms with Gasteiger partial charge in [0, 0.05) is 23.9 Å². The van der Waals surface area contributed by atoms with Gasteiger partial charge in [-0.2, -0.15) is 0 Å². The van der Waals surface area contributed by atoms with Gasteiger partial charge in [0.1, 0.15) is 5.69 Å². The SMILES string of the molecule is c1ccc2c(c1)CCN2Cc1cc(-c2ccc3c(c2)OCO3)no1. The zero-order valence-electron chi connectivity index (χ0n) is 13.1. The van der Waals surface area contributed by atoms with Crippen molar-refractivity contribution in [3.8, 4) is 22.8 Å². The average molecular weight is 320 g/mol. The van der Waals surface area contributed by atoms with Crippen molar-refractivity contribution in [2.45, 2.75) is 13.0 Å². The van der Waals surface area contributed by atoms with E-state index in [1.165, 1.54) is 11.3 Å². The van der Waals surface area contributed by atoms with Crippen molar-refractivity contribution in [2.75, 3.05) is 18.2 Å². The molecule has 0 spiro atoms. The van der Waals surface area contributed by atoms with Crippen molar-refractivity contribution < 1.29 is 14.0 Å². The number of nitrogens with zero attached hydrogens (tertiary/aromatic N) is 2. The maximum absolute atomic E-state index is 5.55. The molecule has 0 atom stereocenters. The summed E-state index contributed by atoms with van der Waals surface area (Å²) in [6.07, 6.45) is 1.08. The second kappa shape index (κ2) is 5.30. The van der Waals surface area contributed by atoms with Crippen LogP contribution in [0.4, 0.5) is 5.69 Å². The number of ether oxygens (including phenoxy) is 2. The minimum absolute atomic E-state index is 0.275. The summed E-state index contributed by atoms with van der Waals surface area (Å²) in [4.78, 5) is 2.33. The Morgan fingerprint density at radius 2 is 1.92 bits per heavy atom. The molecule has 0 bridgehead atoms. The first-order valence-corrected chi connectivity index (χ1v) is 8.05. The predicted octanol–water partition coefficient (Wildman–Crippen LogP) is 3.63. The van der Waals surface area contributed by atoms with Crippen LogP contribution in [0.15, 0.2) is 53.1 Å².